The molecule has 1 nitrogen and oxygen atoms in total. The van der Waals surface area contributed by atoms with Crippen molar-refractivity contribution in [1.82, 2.24) is 4.90 Å². The Bertz CT molecular complexity index is 231. The second-order valence-electron chi connectivity index (χ2n) is 7.29. The lowest BCUT2D eigenvalue weighted by atomic mass is 9.82. The lowest BCUT2D eigenvalue weighted by molar-refractivity contribution is 0.0375. The molecule has 0 spiro atoms. The fourth-order valence-corrected chi connectivity index (χ4v) is 3.27. The van der Waals surface area contributed by atoms with E-state index in [1.165, 1.54) is 13.0 Å². The van der Waals surface area contributed by atoms with Gasteiger partial charge in [-0.1, -0.05) is 20.8 Å². The zero-order valence-corrected chi connectivity index (χ0v) is 10.6. The summed E-state index contributed by atoms with van der Waals surface area (Å²) >= 11 is 0. The van der Waals surface area contributed by atoms with E-state index < -0.39 is 0 Å². The van der Waals surface area contributed by atoms with Crippen LogP contribution in [0.4, 0.5) is 0 Å². The molecule has 14 heavy (non-hydrogen) atoms. The number of likely N-dealkylation sites (tertiary alicyclic amines) is 1. The molecule has 0 aromatic heterocycles. The van der Waals surface area contributed by atoms with E-state index in [0.29, 0.717) is 11.0 Å². The molecule has 0 aromatic rings. The summed E-state index contributed by atoms with van der Waals surface area (Å²) in [4.78, 5) is 2.74. The largest absolute Gasteiger partial charge is 0.294 e. The van der Waals surface area contributed by atoms with Gasteiger partial charge in [-0.05, 0) is 44.4 Å². The van der Waals surface area contributed by atoms with Crippen molar-refractivity contribution in [3.05, 3.63) is 0 Å². The number of nitrogens with zero attached hydrogens (tertiary/aromatic N) is 1. The molecule has 2 fully saturated rings. The monoisotopic (exact) mass is 195 g/mol. The molecule has 1 unspecified atom stereocenters. The van der Waals surface area contributed by atoms with Crippen LogP contribution in [0.15, 0.2) is 0 Å². The van der Waals surface area contributed by atoms with Gasteiger partial charge < -0.3 is 0 Å². The third kappa shape index (κ3) is 1.60. The Morgan fingerprint density at radius 3 is 1.93 bits per heavy atom. The molecule has 2 aliphatic rings. The van der Waals surface area contributed by atoms with E-state index in [2.05, 4.69) is 46.4 Å². The van der Waals surface area contributed by atoms with E-state index in [-0.39, 0.29) is 0 Å². The normalized spacial score (nSPS) is 38.6. The maximum absolute atomic E-state index is 2.74. The Morgan fingerprint density at radius 2 is 1.57 bits per heavy atom. The summed E-state index contributed by atoms with van der Waals surface area (Å²) in [6, 6.07) is 0.812. The van der Waals surface area contributed by atoms with Crippen LogP contribution < -0.4 is 0 Å². The Hall–Kier alpha value is -0.0400. The van der Waals surface area contributed by atoms with E-state index in [0.717, 1.165) is 17.9 Å². The van der Waals surface area contributed by atoms with Crippen molar-refractivity contribution >= 4 is 0 Å². The molecule has 0 amide bonds. The average molecular weight is 195 g/mol. The molecule has 0 aromatic carbocycles. The summed E-state index contributed by atoms with van der Waals surface area (Å²) in [5, 5.41) is 0. The molecule has 1 heteroatoms. The molecular formula is C13H25N. The highest BCUT2D eigenvalue weighted by atomic mass is 15.3. The summed E-state index contributed by atoms with van der Waals surface area (Å²) in [5.41, 5.74) is 0.800. The van der Waals surface area contributed by atoms with E-state index >= 15 is 0 Å². The summed E-state index contributed by atoms with van der Waals surface area (Å²) in [6.45, 7) is 15.6. The minimum absolute atomic E-state index is 0.353. The molecule has 1 aliphatic carbocycles. The second-order valence-corrected chi connectivity index (χ2v) is 7.29. The van der Waals surface area contributed by atoms with Gasteiger partial charge in [-0.3, -0.25) is 4.90 Å². The van der Waals surface area contributed by atoms with Crippen LogP contribution in [0.3, 0.4) is 0 Å². The molecule has 1 heterocycles. The fourth-order valence-electron chi connectivity index (χ4n) is 3.27. The van der Waals surface area contributed by atoms with Crippen LogP contribution in [0.2, 0.25) is 0 Å². The van der Waals surface area contributed by atoms with Gasteiger partial charge in [-0.25, -0.2) is 0 Å². The lowest BCUT2D eigenvalue weighted by Crippen LogP contribution is -2.51. The predicted octanol–water partition coefficient (Wildman–Crippen LogP) is 3.15. The van der Waals surface area contributed by atoms with Crippen molar-refractivity contribution in [3.8, 4) is 0 Å². The van der Waals surface area contributed by atoms with Crippen molar-refractivity contribution < 1.29 is 0 Å². The first-order valence-corrected chi connectivity index (χ1v) is 5.98. The van der Waals surface area contributed by atoms with E-state index in [1.54, 1.807) is 0 Å². The van der Waals surface area contributed by atoms with Gasteiger partial charge in [0, 0.05) is 18.1 Å². The third-order valence-corrected chi connectivity index (χ3v) is 3.90. The van der Waals surface area contributed by atoms with Crippen molar-refractivity contribution in [3.63, 3.8) is 0 Å². The first kappa shape index (κ1) is 10.5. The van der Waals surface area contributed by atoms with E-state index in [1.807, 2.05) is 0 Å². The second kappa shape index (κ2) is 2.75. The summed E-state index contributed by atoms with van der Waals surface area (Å²) in [7, 11) is 0. The maximum Gasteiger partial charge on any atom is 0.0180 e. The van der Waals surface area contributed by atoms with Crippen LogP contribution in [0, 0.1) is 17.3 Å². The van der Waals surface area contributed by atoms with Crippen molar-refractivity contribution in [2.45, 2.75) is 59.5 Å². The Labute approximate surface area is 88.9 Å². The molecular weight excluding hydrogens is 170 g/mol. The van der Waals surface area contributed by atoms with Crippen molar-refractivity contribution in [2.75, 3.05) is 6.54 Å². The molecule has 1 saturated heterocycles. The van der Waals surface area contributed by atoms with Crippen LogP contribution in [0.1, 0.15) is 48.0 Å². The van der Waals surface area contributed by atoms with E-state index in [9.17, 15) is 0 Å². The van der Waals surface area contributed by atoms with Gasteiger partial charge in [0.25, 0.3) is 0 Å². The van der Waals surface area contributed by atoms with E-state index in [4.69, 9.17) is 0 Å². The van der Waals surface area contributed by atoms with Gasteiger partial charge in [0.2, 0.25) is 0 Å². The Morgan fingerprint density at radius 1 is 1.00 bits per heavy atom. The fraction of sp³-hybridized carbons (Fsp3) is 1.00. The molecule has 2 rings (SSSR count). The minimum Gasteiger partial charge on any atom is -0.294 e. The smallest absolute Gasteiger partial charge is 0.0180 e. The molecule has 82 valence electrons. The molecule has 1 saturated carbocycles. The van der Waals surface area contributed by atoms with Crippen LogP contribution in [0.25, 0.3) is 0 Å². The van der Waals surface area contributed by atoms with Crippen molar-refractivity contribution in [2.24, 2.45) is 17.3 Å². The standard InChI is InChI=1S/C13H25N/c1-12(2,3)11-10-7-9(10)8-14(11)13(4,5)6/h9-11H,7-8H2,1-6H3/t9-,10-,11?/m1/s1. The van der Waals surface area contributed by atoms with Gasteiger partial charge in [0.1, 0.15) is 0 Å². The summed E-state index contributed by atoms with van der Waals surface area (Å²) in [5.74, 6) is 2.03. The third-order valence-electron chi connectivity index (χ3n) is 3.90. The lowest BCUT2D eigenvalue weighted by Gasteiger charge is -2.45. The highest BCUT2D eigenvalue weighted by molar-refractivity contribution is 5.10. The van der Waals surface area contributed by atoms with Crippen LogP contribution >= 0.6 is 0 Å². The molecule has 0 N–H and O–H groups in total. The van der Waals surface area contributed by atoms with Gasteiger partial charge in [-0.2, -0.15) is 0 Å². The average Bonchev–Trinajstić information content (AvgIpc) is 2.56. The van der Waals surface area contributed by atoms with Crippen LogP contribution in [-0.2, 0) is 0 Å². The Kier molecular flexibility index (Phi) is 2.06. The maximum atomic E-state index is 2.74. The van der Waals surface area contributed by atoms with Gasteiger partial charge in [0.05, 0.1) is 0 Å². The SMILES string of the molecule is CC(C)(C)C1[C@@H]2C[C@@H]2CN1C(C)(C)C. The topological polar surface area (TPSA) is 3.24 Å². The first-order chi connectivity index (χ1) is 6.21. The minimum atomic E-state index is 0.353. The molecule has 0 radical (unpaired) electrons. The molecule has 0 bridgehead atoms. The molecule has 1 aliphatic heterocycles. The zero-order valence-electron chi connectivity index (χ0n) is 10.6. The summed E-state index contributed by atoms with van der Waals surface area (Å²) < 4.78 is 0. The van der Waals surface area contributed by atoms with Gasteiger partial charge in [0.15, 0.2) is 0 Å². The zero-order chi connectivity index (χ0) is 10.7. The van der Waals surface area contributed by atoms with Gasteiger partial charge in [-0.15, -0.1) is 0 Å². The van der Waals surface area contributed by atoms with Gasteiger partial charge >= 0.3 is 0 Å². The van der Waals surface area contributed by atoms with Crippen LogP contribution in [-0.4, -0.2) is 23.0 Å². The predicted molar refractivity (Wildman–Crippen MR) is 61.3 cm³/mol. The van der Waals surface area contributed by atoms with Crippen LogP contribution in [0.5, 0.6) is 0 Å². The molecule has 3 atom stereocenters. The van der Waals surface area contributed by atoms with Crippen molar-refractivity contribution in [1.29, 1.82) is 0 Å². The summed E-state index contributed by atoms with van der Waals surface area (Å²) in [6.07, 6.45) is 1.49. The number of piperidine rings is 1. The highest BCUT2D eigenvalue weighted by Crippen LogP contribution is 2.56. The number of fused-ring (bicyclic) bond motifs is 1. The quantitative estimate of drug-likeness (QED) is 0.574. The Balaban J connectivity index is 2.20. The first-order valence-electron chi connectivity index (χ1n) is 5.98. The highest BCUT2D eigenvalue weighted by Gasteiger charge is 2.57. The number of rotatable bonds is 0. The number of hydrogen-bond donors (Lipinski definition) is 0. The number of hydrogen-bond acceptors (Lipinski definition) is 1.